The summed E-state index contributed by atoms with van der Waals surface area (Å²) in [5, 5.41) is 4.27. The van der Waals surface area contributed by atoms with Gasteiger partial charge in [-0.05, 0) is 30.9 Å². The number of hydrogen-bond donors (Lipinski definition) is 2. The second kappa shape index (κ2) is 5.70. The Labute approximate surface area is 162 Å². The van der Waals surface area contributed by atoms with Crippen LogP contribution >= 0.6 is 0 Å². The number of amides is 2. The summed E-state index contributed by atoms with van der Waals surface area (Å²) in [6, 6.07) is 8.50. The van der Waals surface area contributed by atoms with Crippen LogP contribution in [-0.4, -0.2) is 52.5 Å². The quantitative estimate of drug-likeness (QED) is 0.780. The predicted molar refractivity (Wildman–Crippen MR) is 103 cm³/mol. The Morgan fingerprint density at radius 3 is 3.04 bits per heavy atom. The highest BCUT2D eigenvalue weighted by molar-refractivity contribution is 5.93. The number of benzene rings is 1. The first-order chi connectivity index (χ1) is 13.6. The van der Waals surface area contributed by atoms with Crippen molar-refractivity contribution in [3.8, 4) is 0 Å². The summed E-state index contributed by atoms with van der Waals surface area (Å²) in [6.07, 6.45) is 8.63. The van der Waals surface area contributed by atoms with Gasteiger partial charge < -0.3 is 19.9 Å². The summed E-state index contributed by atoms with van der Waals surface area (Å²) in [5.41, 5.74) is 1.71. The summed E-state index contributed by atoms with van der Waals surface area (Å²) in [6.45, 7) is 1.18. The fourth-order valence-corrected chi connectivity index (χ4v) is 5.19. The van der Waals surface area contributed by atoms with Crippen molar-refractivity contribution in [1.82, 2.24) is 15.2 Å². The lowest BCUT2D eigenvalue weighted by molar-refractivity contribution is -0.137. The minimum Gasteiger partial charge on any atom is -0.361 e. The van der Waals surface area contributed by atoms with Crippen LogP contribution in [0.1, 0.15) is 18.4 Å². The molecular formula is C22H23N3O3. The number of aromatic amines is 1. The zero-order chi connectivity index (χ0) is 18.9. The van der Waals surface area contributed by atoms with Crippen molar-refractivity contribution in [1.29, 1.82) is 0 Å². The Kier molecular flexibility index (Phi) is 3.33. The fraction of sp³-hybridized carbons (Fsp3) is 0.455. The van der Waals surface area contributed by atoms with Crippen LogP contribution in [0.5, 0.6) is 0 Å². The average Bonchev–Trinajstić information content (AvgIpc) is 3.06. The van der Waals surface area contributed by atoms with E-state index in [0.29, 0.717) is 19.1 Å². The van der Waals surface area contributed by atoms with Gasteiger partial charge in [-0.15, -0.1) is 0 Å². The maximum atomic E-state index is 13.2. The van der Waals surface area contributed by atoms with Gasteiger partial charge in [0.25, 0.3) is 0 Å². The Bertz CT molecular complexity index is 1010. The largest absolute Gasteiger partial charge is 0.361 e. The third kappa shape index (κ3) is 2.30. The van der Waals surface area contributed by atoms with E-state index in [4.69, 9.17) is 4.74 Å². The van der Waals surface area contributed by atoms with E-state index in [0.717, 1.165) is 24.8 Å². The second-order valence-electron chi connectivity index (χ2n) is 8.55. The highest BCUT2D eigenvalue weighted by atomic mass is 16.5. The van der Waals surface area contributed by atoms with Gasteiger partial charge in [0.2, 0.25) is 11.8 Å². The first-order valence-corrected chi connectivity index (χ1v) is 10.2. The first kappa shape index (κ1) is 16.4. The van der Waals surface area contributed by atoms with Gasteiger partial charge in [-0.3, -0.25) is 9.59 Å². The molecule has 4 heterocycles. The van der Waals surface area contributed by atoms with E-state index in [-0.39, 0.29) is 23.8 Å². The van der Waals surface area contributed by atoms with E-state index < -0.39 is 11.5 Å². The summed E-state index contributed by atoms with van der Waals surface area (Å²) < 4.78 is 6.19. The molecule has 4 atom stereocenters. The molecule has 28 heavy (non-hydrogen) atoms. The minimum absolute atomic E-state index is 0.0180. The molecule has 2 bridgehead atoms. The van der Waals surface area contributed by atoms with E-state index in [1.54, 1.807) is 0 Å². The minimum atomic E-state index is -0.618. The highest BCUT2D eigenvalue weighted by Crippen LogP contribution is 2.52. The maximum Gasteiger partial charge on any atom is 0.230 e. The summed E-state index contributed by atoms with van der Waals surface area (Å²) in [5.74, 6) is -0.737. The molecular weight excluding hydrogens is 354 g/mol. The molecule has 1 spiro atoms. The van der Waals surface area contributed by atoms with E-state index in [1.165, 1.54) is 10.9 Å². The molecule has 2 amide bonds. The maximum absolute atomic E-state index is 13.2. The highest BCUT2D eigenvalue weighted by Gasteiger charge is 2.66. The van der Waals surface area contributed by atoms with Gasteiger partial charge in [0, 0.05) is 29.7 Å². The summed E-state index contributed by atoms with van der Waals surface area (Å²) >= 11 is 0. The Hall–Kier alpha value is -2.60. The van der Waals surface area contributed by atoms with Crippen LogP contribution in [0.15, 0.2) is 42.6 Å². The lowest BCUT2D eigenvalue weighted by Crippen LogP contribution is -2.44. The number of fused-ring (bicyclic) bond motifs is 2. The Morgan fingerprint density at radius 1 is 1.32 bits per heavy atom. The van der Waals surface area contributed by atoms with E-state index in [2.05, 4.69) is 22.4 Å². The van der Waals surface area contributed by atoms with Gasteiger partial charge in [-0.2, -0.15) is 0 Å². The lowest BCUT2D eigenvalue weighted by atomic mass is 9.77. The number of carbonyl (C=O) groups is 2. The van der Waals surface area contributed by atoms with Crippen LogP contribution in [0, 0.1) is 11.8 Å². The molecule has 4 aliphatic rings. The standard InChI is InChI=1S/C22H23N3O3/c26-20(24-14-5-6-14)18-17-7-9-22(28-17)12-25(21(27)19(18)22)10-8-13-11-23-16-4-2-1-3-15(13)16/h1-4,7,9,11,14,17-19,23H,5-6,8,10,12H2,(H,24,26)/t17-,18+,19-,22-/m1/s1. The van der Waals surface area contributed by atoms with Crippen LogP contribution < -0.4 is 5.32 Å². The first-order valence-electron chi connectivity index (χ1n) is 10.2. The topological polar surface area (TPSA) is 74.4 Å². The molecule has 1 aromatic heterocycles. The van der Waals surface area contributed by atoms with Crippen molar-refractivity contribution in [2.24, 2.45) is 11.8 Å². The van der Waals surface area contributed by atoms with Crippen molar-refractivity contribution >= 4 is 22.7 Å². The van der Waals surface area contributed by atoms with Crippen molar-refractivity contribution in [3.63, 3.8) is 0 Å². The molecule has 1 aromatic carbocycles. The van der Waals surface area contributed by atoms with Gasteiger partial charge in [0.1, 0.15) is 5.60 Å². The number of nitrogens with zero attached hydrogens (tertiary/aromatic N) is 1. The number of likely N-dealkylation sites (tertiary alicyclic amines) is 1. The van der Waals surface area contributed by atoms with Crippen LogP contribution in [0.3, 0.4) is 0 Å². The molecule has 3 fully saturated rings. The molecule has 6 rings (SSSR count). The molecule has 2 N–H and O–H groups in total. The molecule has 6 nitrogen and oxygen atoms in total. The van der Waals surface area contributed by atoms with E-state index in [9.17, 15) is 9.59 Å². The SMILES string of the molecule is O=C(NC1CC1)[C@H]1[C@H]2C=C[C@]3(CN(CCc4c[nH]c5ccccc45)C(=O)[C@@H]13)O2. The van der Waals surface area contributed by atoms with Crippen LogP contribution in [0.4, 0.5) is 0 Å². The zero-order valence-electron chi connectivity index (χ0n) is 15.6. The summed E-state index contributed by atoms with van der Waals surface area (Å²) in [4.78, 5) is 31.2. The number of carbonyl (C=O) groups excluding carboxylic acids is 2. The lowest BCUT2D eigenvalue weighted by Gasteiger charge is -2.23. The molecule has 6 heteroatoms. The number of hydrogen-bond acceptors (Lipinski definition) is 3. The number of rotatable bonds is 5. The van der Waals surface area contributed by atoms with E-state index >= 15 is 0 Å². The van der Waals surface area contributed by atoms with Crippen molar-refractivity contribution in [3.05, 3.63) is 48.2 Å². The molecule has 0 unspecified atom stereocenters. The molecule has 0 radical (unpaired) electrons. The van der Waals surface area contributed by atoms with Crippen molar-refractivity contribution < 1.29 is 14.3 Å². The molecule has 1 saturated carbocycles. The van der Waals surface area contributed by atoms with Crippen LogP contribution in [0.2, 0.25) is 0 Å². The Balaban J connectivity index is 1.21. The molecule has 2 saturated heterocycles. The molecule has 144 valence electrons. The van der Waals surface area contributed by atoms with Gasteiger partial charge in [-0.25, -0.2) is 0 Å². The molecule has 2 aromatic rings. The summed E-state index contributed by atoms with van der Waals surface area (Å²) in [7, 11) is 0. The smallest absolute Gasteiger partial charge is 0.230 e. The van der Waals surface area contributed by atoms with Crippen molar-refractivity contribution in [2.45, 2.75) is 37.0 Å². The number of nitrogens with one attached hydrogen (secondary N) is 2. The van der Waals surface area contributed by atoms with Gasteiger partial charge in [-0.1, -0.05) is 30.4 Å². The fourth-order valence-electron chi connectivity index (χ4n) is 5.19. The number of H-pyrrole nitrogens is 1. The number of ether oxygens (including phenoxy) is 1. The normalized spacial score (nSPS) is 33.1. The zero-order valence-corrected chi connectivity index (χ0v) is 15.6. The monoisotopic (exact) mass is 377 g/mol. The van der Waals surface area contributed by atoms with E-state index in [1.807, 2.05) is 35.4 Å². The third-order valence-electron chi connectivity index (χ3n) is 6.73. The second-order valence-corrected chi connectivity index (χ2v) is 8.55. The number of para-hydroxylation sites is 1. The van der Waals surface area contributed by atoms with Gasteiger partial charge in [0.15, 0.2) is 0 Å². The number of aromatic nitrogens is 1. The Morgan fingerprint density at radius 2 is 2.18 bits per heavy atom. The average molecular weight is 377 g/mol. The van der Waals surface area contributed by atoms with Crippen molar-refractivity contribution in [2.75, 3.05) is 13.1 Å². The van der Waals surface area contributed by atoms with Gasteiger partial charge >= 0.3 is 0 Å². The third-order valence-corrected chi connectivity index (χ3v) is 6.73. The van der Waals surface area contributed by atoms with Gasteiger partial charge in [0.05, 0.1) is 24.5 Å². The predicted octanol–water partition coefficient (Wildman–Crippen LogP) is 1.77. The van der Waals surface area contributed by atoms with Crippen LogP contribution in [0.25, 0.3) is 10.9 Å². The molecule has 1 aliphatic carbocycles. The molecule has 3 aliphatic heterocycles. The van der Waals surface area contributed by atoms with Crippen LogP contribution in [-0.2, 0) is 20.7 Å².